The molecule has 0 aliphatic carbocycles. The van der Waals surface area contributed by atoms with E-state index >= 15 is 0 Å². The van der Waals surface area contributed by atoms with Crippen LogP contribution >= 0.6 is 46.4 Å². The Hall–Kier alpha value is -1.64. The van der Waals surface area contributed by atoms with Crippen molar-refractivity contribution in [3.63, 3.8) is 0 Å². The average molecular weight is 376 g/mol. The molecule has 4 nitrogen and oxygen atoms in total. The van der Waals surface area contributed by atoms with E-state index in [1.165, 1.54) is 18.2 Å². The summed E-state index contributed by atoms with van der Waals surface area (Å²) in [6, 6.07) is 9.56. The minimum Gasteiger partial charge on any atom is -0.211 e. The summed E-state index contributed by atoms with van der Waals surface area (Å²) < 4.78 is 0. The van der Waals surface area contributed by atoms with Crippen molar-refractivity contribution in [2.45, 2.75) is 0 Å². The van der Waals surface area contributed by atoms with E-state index in [-0.39, 0.29) is 5.69 Å². The number of benzene rings is 2. The molecule has 8 heteroatoms. The number of rotatable bonds is 2. The van der Waals surface area contributed by atoms with Gasteiger partial charge in [0, 0.05) is 5.02 Å². The highest BCUT2D eigenvalue weighted by molar-refractivity contribution is 6.38. The summed E-state index contributed by atoms with van der Waals surface area (Å²) in [4.78, 5) is 26.4. The van der Waals surface area contributed by atoms with Crippen molar-refractivity contribution in [1.82, 2.24) is 0 Å². The minimum atomic E-state index is 0.269. The van der Waals surface area contributed by atoms with E-state index in [9.17, 15) is 9.59 Å². The first-order chi connectivity index (χ1) is 10.5. The van der Waals surface area contributed by atoms with Crippen molar-refractivity contribution >= 4 is 69.9 Å². The SMILES string of the molecule is O=C=Nc1c(Cl)cccc1Cl.O=C=Nc1cc(Cl)ccc1Cl. The molecule has 0 N–H and O–H groups in total. The highest BCUT2D eigenvalue weighted by atomic mass is 35.5. The topological polar surface area (TPSA) is 58.9 Å². The Balaban J connectivity index is 0.000000220. The number of halogens is 4. The van der Waals surface area contributed by atoms with Gasteiger partial charge in [0.2, 0.25) is 12.2 Å². The quantitative estimate of drug-likeness (QED) is 0.483. The zero-order chi connectivity index (χ0) is 16.5. The molecule has 0 fully saturated rings. The molecule has 0 spiro atoms. The van der Waals surface area contributed by atoms with Gasteiger partial charge in [0.1, 0.15) is 5.69 Å². The van der Waals surface area contributed by atoms with Gasteiger partial charge in [-0.3, -0.25) is 0 Å². The molecule has 22 heavy (non-hydrogen) atoms. The van der Waals surface area contributed by atoms with E-state index in [2.05, 4.69) is 9.98 Å². The lowest BCUT2D eigenvalue weighted by Gasteiger charge is -1.96. The maximum absolute atomic E-state index is 9.87. The molecule has 0 bridgehead atoms. The third kappa shape index (κ3) is 5.63. The summed E-state index contributed by atoms with van der Waals surface area (Å²) >= 11 is 22.6. The smallest absolute Gasteiger partial charge is 0.211 e. The third-order valence-corrected chi connectivity index (χ3v) is 3.33. The van der Waals surface area contributed by atoms with Crippen molar-refractivity contribution in [2.75, 3.05) is 0 Å². The highest BCUT2D eigenvalue weighted by Crippen LogP contribution is 2.31. The Morgan fingerprint density at radius 1 is 0.773 bits per heavy atom. The van der Waals surface area contributed by atoms with Crippen LogP contribution in [0.4, 0.5) is 11.4 Å². The Morgan fingerprint density at radius 2 is 1.36 bits per heavy atom. The van der Waals surface area contributed by atoms with Crippen molar-refractivity contribution in [3.8, 4) is 0 Å². The van der Waals surface area contributed by atoms with Gasteiger partial charge >= 0.3 is 0 Å². The lowest BCUT2D eigenvalue weighted by molar-refractivity contribution is 0.564. The molecule has 2 rings (SSSR count). The predicted molar refractivity (Wildman–Crippen MR) is 88.5 cm³/mol. The van der Waals surface area contributed by atoms with Gasteiger partial charge in [0.25, 0.3) is 0 Å². The summed E-state index contributed by atoms with van der Waals surface area (Å²) in [6.45, 7) is 0. The summed E-state index contributed by atoms with van der Waals surface area (Å²) in [5, 5.41) is 1.57. The molecule has 0 unspecified atom stereocenters. The minimum absolute atomic E-state index is 0.269. The van der Waals surface area contributed by atoms with Crippen LogP contribution in [-0.2, 0) is 9.59 Å². The number of hydrogen-bond donors (Lipinski definition) is 0. The Kier molecular flexibility index (Phi) is 7.86. The van der Waals surface area contributed by atoms with E-state index < -0.39 is 0 Å². The Bertz CT molecular complexity index is 747. The summed E-state index contributed by atoms with van der Waals surface area (Å²) in [5.41, 5.74) is 0.611. The molecule has 0 aromatic heterocycles. The van der Waals surface area contributed by atoms with Crippen molar-refractivity contribution in [1.29, 1.82) is 0 Å². The molecule has 0 heterocycles. The van der Waals surface area contributed by atoms with Gasteiger partial charge in [-0.1, -0.05) is 52.5 Å². The fourth-order valence-electron chi connectivity index (χ4n) is 1.26. The van der Waals surface area contributed by atoms with E-state index in [0.717, 1.165) is 0 Å². The van der Waals surface area contributed by atoms with E-state index in [1.807, 2.05) is 0 Å². The maximum Gasteiger partial charge on any atom is 0.240 e. The number of isocyanates is 2. The third-order valence-electron chi connectivity index (χ3n) is 2.17. The highest BCUT2D eigenvalue weighted by Gasteiger charge is 2.02. The molecule has 0 aliphatic heterocycles. The zero-order valence-electron chi connectivity index (χ0n) is 10.7. The van der Waals surface area contributed by atoms with Gasteiger partial charge in [-0.25, -0.2) is 9.59 Å². The van der Waals surface area contributed by atoms with Crippen LogP contribution in [0.15, 0.2) is 46.4 Å². The summed E-state index contributed by atoms with van der Waals surface area (Å²) in [6.07, 6.45) is 2.76. The van der Waals surface area contributed by atoms with Crippen LogP contribution < -0.4 is 0 Å². The van der Waals surface area contributed by atoms with E-state index in [0.29, 0.717) is 25.8 Å². The predicted octanol–water partition coefficient (Wildman–Crippen LogP) is 5.92. The van der Waals surface area contributed by atoms with Crippen LogP contribution in [0.5, 0.6) is 0 Å². The summed E-state index contributed by atoms with van der Waals surface area (Å²) in [7, 11) is 0. The second-order valence-electron chi connectivity index (χ2n) is 3.57. The first-order valence-corrected chi connectivity index (χ1v) is 7.05. The molecule has 0 amide bonds. The first-order valence-electron chi connectivity index (χ1n) is 5.54. The number of carbonyl (C=O) groups excluding carboxylic acids is 2. The number of aliphatic imine (C=N–C) groups is 2. The molecule has 0 radical (unpaired) electrons. The number of hydrogen-bond acceptors (Lipinski definition) is 4. The molecule has 2 aromatic rings. The second kappa shape index (κ2) is 9.39. The van der Waals surface area contributed by atoms with Crippen LogP contribution in [-0.4, -0.2) is 12.2 Å². The largest absolute Gasteiger partial charge is 0.240 e. The molecule has 0 saturated carbocycles. The van der Waals surface area contributed by atoms with Gasteiger partial charge in [0.15, 0.2) is 0 Å². The standard InChI is InChI=1S/2C7H3Cl2NO/c8-5-1-2-6(9)7(3-5)10-4-11;8-5-2-1-3-6(9)7(5)10-4-11/h2*1-3H. The summed E-state index contributed by atoms with van der Waals surface area (Å²) in [5.74, 6) is 0. The monoisotopic (exact) mass is 374 g/mol. The van der Waals surface area contributed by atoms with E-state index in [4.69, 9.17) is 46.4 Å². The van der Waals surface area contributed by atoms with Crippen molar-refractivity contribution in [3.05, 3.63) is 56.5 Å². The van der Waals surface area contributed by atoms with Gasteiger partial charge in [0.05, 0.1) is 20.8 Å². The normalized spacial score (nSPS) is 8.91. The Labute approximate surface area is 146 Å². The Morgan fingerprint density at radius 3 is 1.91 bits per heavy atom. The van der Waals surface area contributed by atoms with Crippen LogP contribution in [0, 0.1) is 0 Å². The van der Waals surface area contributed by atoms with Crippen LogP contribution in [0.2, 0.25) is 20.1 Å². The van der Waals surface area contributed by atoms with Crippen LogP contribution in [0.1, 0.15) is 0 Å². The second-order valence-corrected chi connectivity index (χ2v) is 5.23. The van der Waals surface area contributed by atoms with Gasteiger partial charge < -0.3 is 0 Å². The fraction of sp³-hybridized carbons (Fsp3) is 0. The first kappa shape index (κ1) is 18.4. The molecular weight excluding hydrogens is 370 g/mol. The van der Waals surface area contributed by atoms with Crippen LogP contribution in [0.3, 0.4) is 0 Å². The lowest BCUT2D eigenvalue weighted by Crippen LogP contribution is -1.69. The average Bonchev–Trinajstić information content (AvgIpc) is 2.48. The van der Waals surface area contributed by atoms with Gasteiger partial charge in [-0.2, -0.15) is 9.98 Å². The van der Waals surface area contributed by atoms with Gasteiger partial charge in [-0.15, -0.1) is 0 Å². The van der Waals surface area contributed by atoms with Crippen LogP contribution in [0.25, 0.3) is 0 Å². The van der Waals surface area contributed by atoms with E-state index in [1.54, 1.807) is 30.3 Å². The number of para-hydroxylation sites is 1. The number of nitrogens with zero attached hydrogens (tertiary/aromatic N) is 2. The van der Waals surface area contributed by atoms with Gasteiger partial charge in [-0.05, 0) is 30.3 Å². The van der Waals surface area contributed by atoms with Crippen molar-refractivity contribution in [2.24, 2.45) is 9.98 Å². The lowest BCUT2D eigenvalue weighted by atomic mass is 10.3. The molecule has 0 saturated heterocycles. The fourth-order valence-corrected chi connectivity index (χ4v) is 2.07. The zero-order valence-corrected chi connectivity index (χ0v) is 13.7. The molecule has 2 aromatic carbocycles. The molecule has 112 valence electrons. The molecule has 0 aliphatic rings. The molecular formula is C14H6Cl4N2O2. The van der Waals surface area contributed by atoms with Crippen molar-refractivity contribution < 1.29 is 9.59 Å². The molecule has 0 atom stereocenters. The maximum atomic E-state index is 9.87.